The Balaban J connectivity index is 2.05. The number of hydrogen-bond acceptors (Lipinski definition) is 2. The molecule has 1 fully saturated rings. The Morgan fingerprint density at radius 2 is 2.31 bits per heavy atom. The predicted octanol–water partition coefficient (Wildman–Crippen LogP) is 1.44. The first-order chi connectivity index (χ1) is 7.66. The molecule has 4 nitrogen and oxygen atoms in total. The molecule has 2 heterocycles. The standard InChI is InChI=1S/C12H21N3O/c1-9(2)11-7-12(16)15(14-11)8-10-5-3-4-6-13-10/h7,9-10,13-14H,3-6,8H2,1-2H3. The van der Waals surface area contributed by atoms with Crippen molar-refractivity contribution in [2.75, 3.05) is 6.54 Å². The molecule has 16 heavy (non-hydrogen) atoms. The van der Waals surface area contributed by atoms with E-state index in [-0.39, 0.29) is 5.56 Å². The lowest BCUT2D eigenvalue weighted by molar-refractivity contribution is 0.347. The second kappa shape index (κ2) is 4.87. The van der Waals surface area contributed by atoms with Gasteiger partial charge in [-0.05, 0) is 25.3 Å². The van der Waals surface area contributed by atoms with E-state index in [1.807, 2.05) is 0 Å². The van der Waals surface area contributed by atoms with Crippen molar-refractivity contribution >= 4 is 0 Å². The molecule has 0 saturated carbocycles. The van der Waals surface area contributed by atoms with Gasteiger partial charge < -0.3 is 5.32 Å². The van der Waals surface area contributed by atoms with E-state index in [4.69, 9.17) is 0 Å². The molecule has 1 atom stereocenters. The van der Waals surface area contributed by atoms with Crippen LogP contribution in [0.4, 0.5) is 0 Å². The van der Waals surface area contributed by atoms with Crippen molar-refractivity contribution in [1.29, 1.82) is 0 Å². The van der Waals surface area contributed by atoms with Crippen LogP contribution in [0.25, 0.3) is 0 Å². The molecule has 0 amide bonds. The summed E-state index contributed by atoms with van der Waals surface area (Å²) in [6.45, 7) is 6.03. The number of H-pyrrole nitrogens is 1. The highest BCUT2D eigenvalue weighted by atomic mass is 16.1. The summed E-state index contributed by atoms with van der Waals surface area (Å²) in [6, 6.07) is 2.16. The van der Waals surface area contributed by atoms with Crippen molar-refractivity contribution in [1.82, 2.24) is 15.1 Å². The van der Waals surface area contributed by atoms with Crippen LogP contribution in [0, 0.1) is 0 Å². The maximum Gasteiger partial charge on any atom is 0.266 e. The van der Waals surface area contributed by atoms with Gasteiger partial charge in [0.1, 0.15) is 0 Å². The summed E-state index contributed by atoms with van der Waals surface area (Å²) in [5.74, 6) is 0.383. The van der Waals surface area contributed by atoms with Crippen LogP contribution in [0.2, 0.25) is 0 Å². The minimum absolute atomic E-state index is 0.0936. The van der Waals surface area contributed by atoms with Gasteiger partial charge in [-0.3, -0.25) is 14.6 Å². The molecule has 2 N–H and O–H groups in total. The summed E-state index contributed by atoms with van der Waals surface area (Å²) < 4.78 is 1.73. The Labute approximate surface area is 96.0 Å². The topological polar surface area (TPSA) is 49.8 Å². The minimum Gasteiger partial charge on any atom is -0.312 e. The van der Waals surface area contributed by atoms with Crippen LogP contribution in [0.1, 0.15) is 44.7 Å². The summed E-state index contributed by atoms with van der Waals surface area (Å²) in [6.07, 6.45) is 3.69. The minimum atomic E-state index is 0.0936. The molecule has 0 aromatic carbocycles. The molecule has 1 aliphatic rings. The lowest BCUT2D eigenvalue weighted by atomic mass is 10.1. The highest BCUT2D eigenvalue weighted by Gasteiger charge is 2.15. The van der Waals surface area contributed by atoms with Crippen molar-refractivity contribution in [3.63, 3.8) is 0 Å². The van der Waals surface area contributed by atoms with Crippen molar-refractivity contribution in [3.8, 4) is 0 Å². The second-order valence-corrected chi connectivity index (χ2v) is 4.96. The molecule has 1 aromatic rings. The third-order valence-corrected chi connectivity index (χ3v) is 3.25. The number of nitrogens with zero attached hydrogens (tertiary/aromatic N) is 1. The van der Waals surface area contributed by atoms with E-state index < -0.39 is 0 Å². The first-order valence-corrected chi connectivity index (χ1v) is 6.20. The van der Waals surface area contributed by atoms with Crippen molar-refractivity contribution in [2.24, 2.45) is 0 Å². The zero-order chi connectivity index (χ0) is 11.5. The van der Waals surface area contributed by atoms with E-state index >= 15 is 0 Å². The highest BCUT2D eigenvalue weighted by Crippen LogP contribution is 2.10. The Kier molecular flexibility index (Phi) is 3.49. The Hall–Kier alpha value is -1.03. The van der Waals surface area contributed by atoms with Crippen LogP contribution in [0.15, 0.2) is 10.9 Å². The van der Waals surface area contributed by atoms with Gasteiger partial charge in [0.05, 0.1) is 6.54 Å². The third kappa shape index (κ3) is 2.55. The smallest absolute Gasteiger partial charge is 0.266 e. The molecular weight excluding hydrogens is 202 g/mol. The quantitative estimate of drug-likeness (QED) is 0.814. The normalized spacial score (nSPS) is 21.6. The zero-order valence-electron chi connectivity index (χ0n) is 10.1. The van der Waals surface area contributed by atoms with Crippen LogP contribution < -0.4 is 10.9 Å². The molecular formula is C12H21N3O. The van der Waals surface area contributed by atoms with Crippen LogP contribution in [0.5, 0.6) is 0 Å². The first-order valence-electron chi connectivity index (χ1n) is 6.20. The fraction of sp³-hybridized carbons (Fsp3) is 0.750. The Morgan fingerprint density at radius 1 is 1.50 bits per heavy atom. The van der Waals surface area contributed by atoms with Crippen molar-refractivity contribution in [2.45, 2.75) is 51.6 Å². The van der Waals surface area contributed by atoms with Gasteiger partial charge in [0, 0.05) is 17.8 Å². The monoisotopic (exact) mass is 223 g/mol. The van der Waals surface area contributed by atoms with Crippen LogP contribution in [-0.2, 0) is 6.54 Å². The predicted molar refractivity (Wildman–Crippen MR) is 64.8 cm³/mol. The van der Waals surface area contributed by atoms with Gasteiger partial charge in [-0.25, -0.2) is 0 Å². The summed E-state index contributed by atoms with van der Waals surface area (Å²) in [4.78, 5) is 11.7. The van der Waals surface area contributed by atoms with Crippen molar-refractivity contribution in [3.05, 3.63) is 22.1 Å². The van der Waals surface area contributed by atoms with Crippen LogP contribution in [-0.4, -0.2) is 22.4 Å². The zero-order valence-corrected chi connectivity index (χ0v) is 10.1. The number of rotatable bonds is 3. The Bertz CT molecular complexity index is 385. The summed E-state index contributed by atoms with van der Waals surface area (Å²) in [5, 5.41) is 6.65. The lowest BCUT2D eigenvalue weighted by Crippen LogP contribution is -2.39. The molecule has 4 heteroatoms. The fourth-order valence-electron chi connectivity index (χ4n) is 2.19. The van der Waals surface area contributed by atoms with Gasteiger partial charge in [0.15, 0.2) is 0 Å². The lowest BCUT2D eigenvalue weighted by Gasteiger charge is -2.23. The molecule has 2 rings (SSSR count). The van der Waals surface area contributed by atoms with Gasteiger partial charge >= 0.3 is 0 Å². The molecule has 0 bridgehead atoms. The van der Waals surface area contributed by atoms with E-state index in [9.17, 15) is 4.79 Å². The van der Waals surface area contributed by atoms with Gasteiger partial charge in [-0.15, -0.1) is 0 Å². The molecule has 1 unspecified atom stereocenters. The number of hydrogen-bond donors (Lipinski definition) is 2. The third-order valence-electron chi connectivity index (χ3n) is 3.25. The molecule has 1 aliphatic heterocycles. The maximum absolute atomic E-state index is 11.7. The fourth-order valence-corrected chi connectivity index (χ4v) is 2.19. The summed E-state index contributed by atoms with van der Waals surface area (Å²) >= 11 is 0. The molecule has 0 radical (unpaired) electrons. The van der Waals surface area contributed by atoms with E-state index in [0.717, 1.165) is 18.8 Å². The van der Waals surface area contributed by atoms with E-state index in [1.165, 1.54) is 19.3 Å². The van der Waals surface area contributed by atoms with E-state index in [1.54, 1.807) is 10.7 Å². The van der Waals surface area contributed by atoms with Gasteiger partial charge in [0.2, 0.25) is 0 Å². The Morgan fingerprint density at radius 3 is 2.88 bits per heavy atom. The number of aromatic nitrogens is 2. The van der Waals surface area contributed by atoms with Gasteiger partial charge in [-0.1, -0.05) is 20.3 Å². The molecule has 1 aromatic heterocycles. The van der Waals surface area contributed by atoms with Gasteiger partial charge in [-0.2, -0.15) is 0 Å². The molecule has 0 spiro atoms. The molecule has 90 valence electrons. The average molecular weight is 223 g/mol. The maximum atomic E-state index is 11.7. The molecule has 0 aliphatic carbocycles. The largest absolute Gasteiger partial charge is 0.312 e. The average Bonchev–Trinajstić information content (AvgIpc) is 2.62. The number of piperidine rings is 1. The van der Waals surface area contributed by atoms with E-state index in [2.05, 4.69) is 24.3 Å². The van der Waals surface area contributed by atoms with Gasteiger partial charge in [0.25, 0.3) is 5.56 Å². The number of nitrogens with one attached hydrogen (secondary N) is 2. The van der Waals surface area contributed by atoms with E-state index in [0.29, 0.717) is 12.0 Å². The van der Waals surface area contributed by atoms with Crippen LogP contribution >= 0.6 is 0 Å². The summed E-state index contributed by atoms with van der Waals surface area (Å²) in [7, 11) is 0. The second-order valence-electron chi connectivity index (χ2n) is 4.96. The van der Waals surface area contributed by atoms with Crippen LogP contribution in [0.3, 0.4) is 0 Å². The summed E-state index contributed by atoms with van der Waals surface area (Å²) in [5.41, 5.74) is 1.12. The van der Waals surface area contributed by atoms with Crippen molar-refractivity contribution < 1.29 is 0 Å². The number of aromatic amines is 1. The molecule has 1 saturated heterocycles. The highest BCUT2D eigenvalue weighted by molar-refractivity contribution is 5.04. The SMILES string of the molecule is CC(C)c1cc(=O)n(CC2CCCCN2)[nH]1. The first kappa shape index (κ1) is 11.5.